The minimum absolute atomic E-state index is 0.177. The van der Waals surface area contributed by atoms with Crippen LogP contribution in [0.1, 0.15) is 17.8 Å². The minimum atomic E-state index is -0.421. The van der Waals surface area contributed by atoms with E-state index in [0.29, 0.717) is 26.3 Å². The molecule has 2 amide bonds. The Labute approximate surface area is 128 Å². The van der Waals surface area contributed by atoms with Gasteiger partial charge in [0.25, 0.3) is 5.91 Å². The molecule has 0 spiro atoms. The van der Waals surface area contributed by atoms with E-state index in [4.69, 9.17) is 4.74 Å². The van der Waals surface area contributed by atoms with Gasteiger partial charge in [0, 0.05) is 24.5 Å². The van der Waals surface area contributed by atoms with Gasteiger partial charge in [0.05, 0.1) is 19.6 Å². The Morgan fingerprint density at radius 1 is 1.18 bits per heavy atom. The lowest BCUT2D eigenvalue weighted by Crippen LogP contribution is -2.48. The number of carbonyl (C=O) groups is 2. The van der Waals surface area contributed by atoms with Gasteiger partial charge in [-0.3, -0.25) is 19.9 Å². The van der Waals surface area contributed by atoms with Gasteiger partial charge in [-0.25, -0.2) is 9.97 Å². The first-order chi connectivity index (χ1) is 10.5. The van der Waals surface area contributed by atoms with Crippen molar-refractivity contribution in [3.63, 3.8) is 0 Å². The molecule has 1 atom stereocenters. The molecule has 1 aromatic rings. The number of morpholine rings is 1. The summed E-state index contributed by atoms with van der Waals surface area (Å²) >= 11 is 0. The number of nitrogens with zero attached hydrogens (tertiary/aromatic N) is 4. The summed E-state index contributed by atoms with van der Waals surface area (Å²) in [6.07, 6.45) is 0.177. The highest BCUT2D eigenvalue weighted by Gasteiger charge is 2.43. The highest BCUT2D eigenvalue weighted by molar-refractivity contribution is 6.06. The maximum atomic E-state index is 12.5. The predicted molar refractivity (Wildman–Crippen MR) is 77.8 cm³/mol. The summed E-state index contributed by atoms with van der Waals surface area (Å²) in [5, 5.41) is 1.04. The highest BCUT2D eigenvalue weighted by atomic mass is 16.5. The number of ether oxygens (including phenoxy) is 1. The molecule has 0 bridgehead atoms. The fourth-order valence-electron chi connectivity index (χ4n) is 2.78. The Balaban J connectivity index is 1.73. The summed E-state index contributed by atoms with van der Waals surface area (Å²) in [6, 6.07) is 1.41. The lowest BCUT2D eigenvalue weighted by Gasteiger charge is -2.30. The number of nitrogens with one attached hydrogen (secondary N) is 1. The second-order valence-corrected chi connectivity index (χ2v) is 5.52. The second-order valence-electron chi connectivity index (χ2n) is 5.52. The molecule has 8 heteroatoms. The van der Waals surface area contributed by atoms with E-state index >= 15 is 0 Å². The van der Waals surface area contributed by atoms with Crippen LogP contribution in [0.15, 0.2) is 6.07 Å². The Hall–Kier alpha value is -2.06. The number of imide groups is 1. The highest BCUT2D eigenvalue weighted by Crippen LogP contribution is 2.20. The molecule has 22 heavy (non-hydrogen) atoms. The Morgan fingerprint density at radius 2 is 1.82 bits per heavy atom. The van der Waals surface area contributed by atoms with Crippen molar-refractivity contribution in [1.29, 1.82) is 0 Å². The fraction of sp³-hybridized carbons (Fsp3) is 0.571. The smallest absolute Gasteiger partial charge is 0.266 e. The molecular formula is C14H19N5O3. The van der Waals surface area contributed by atoms with Gasteiger partial charge in [-0.15, -0.1) is 0 Å². The molecule has 1 N–H and O–H groups in total. The van der Waals surface area contributed by atoms with Gasteiger partial charge in [-0.2, -0.15) is 5.01 Å². The summed E-state index contributed by atoms with van der Waals surface area (Å²) in [5.74, 6) is -0.249. The van der Waals surface area contributed by atoms with Crippen molar-refractivity contribution in [2.24, 2.45) is 0 Å². The van der Waals surface area contributed by atoms with Crippen LogP contribution in [0.5, 0.6) is 0 Å². The third-order valence-electron chi connectivity index (χ3n) is 3.80. The normalized spacial score (nSPS) is 23.2. The number of aryl methyl sites for hydroxylation is 2. The number of hydrogen-bond donors (Lipinski definition) is 1. The molecule has 0 aromatic carbocycles. The third-order valence-corrected chi connectivity index (χ3v) is 3.80. The first-order valence-corrected chi connectivity index (χ1v) is 7.32. The predicted octanol–water partition coefficient (Wildman–Crippen LogP) is -0.120. The fourth-order valence-corrected chi connectivity index (χ4v) is 2.78. The molecule has 3 heterocycles. The van der Waals surface area contributed by atoms with Crippen molar-refractivity contribution in [1.82, 2.24) is 19.9 Å². The standard InChI is InChI=1S/C14H19N5O3/c1-9-7-10(2)16-14(15-9)17-19-12(20)8-11(13(19)21)18-3-5-22-6-4-18/h7,11H,3-6,8H2,1-2H3,(H,15,16,17). The monoisotopic (exact) mass is 305 g/mol. The molecule has 118 valence electrons. The van der Waals surface area contributed by atoms with Crippen LogP contribution < -0.4 is 5.43 Å². The van der Waals surface area contributed by atoms with Crippen molar-refractivity contribution in [3.8, 4) is 0 Å². The summed E-state index contributed by atoms with van der Waals surface area (Å²) in [7, 11) is 0. The lowest BCUT2D eigenvalue weighted by atomic mass is 10.2. The lowest BCUT2D eigenvalue weighted by molar-refractivity contribution is -0.138. The average Bonchev–Trinajstić information content (AvgIpc) is 2.75. The number of rotatable bonds is 3. The van der Waals surface area contributed by atoms with Gasteiger partial charge < -0.3 is 4.74 Å². The van der Waals surface area contributed by atoms with Crippen LogP contribution in [-0.4, -0.2) is 64.0 Å². The van der Waals surface area contributed by atoms with Crippen LogP contribution in [-0.2, 0) is 14.3 Å². The summed E-state index contributed by atoms with van der Waals surface area (Å²) < 4.78 is 5.28. The van der Waals surface area contributed by atoms with E-state index in [0.717, 1.165) is 16.4 Å². The molecule has 2 fully saturated rings. The Bertz CT molecular complexity index is 580. The van der Waals surface area contributed by atoms with Crippen molar-refractivity contribution < 1.29 is 14.3 Å². The molecule has 3 rings (SSSR count). The van der Waals surface area contributed by atoms with Gasteiger partial charge >= 0.3 is 0 Å². The SMILES string of the molecule is Cc1cc(C)nc(NN2C(=O)CC(N3CCOCC3)C2=O)n1. The number of amides is 2. The summed E-state index contributed by atoms with van der Waals surface area (Å²) in [5.41, 5.74) is 4.30. The number of carbonyl (C=O) groups excluding carboxylic acids is 2. The van der Waals surface area contributed by atoms with E-state index in [1.807, 2.05) is 24.8 Å². The van der Waals surface area contributed by atoms with Gasteiger partial charge in [0.1, 0.15) is 6.04 Å². The Kier molecular flexibility index (Phi) is 4.04. The first-order valence-electron chi connectivity index (χ1n) is 7.32. The molecule has 0 radical (unpaired) electrons. The first kappa shape index (κ1) is 14.9. The molecule has 2 aliphatic heterocycles. The molecule has 2 saturated heterocycles. The van der Waals surface area contributed by atoms with Crippen molar-refractivity contribution in [2.45, 2.75) is 26.3 Å². The second kappa shape index (κ2) is 5.98. The number of hydrazine groups is 1. The average molecular weight is 305 g/mol. The summed E-state index contributed by atoms with van der Waals surface area (Å²) in [6.45, 7) is 6.18. The molecule has 0 saturated carbocycles. The van der Waals surface area contributed by atoms with E-state index < -0.39 is 6.04 Å². The molecule has 1 aromatic heterocycles. The van der Waals surface area contributed by atoms with Crippen molar-refractivity contribution in [2.75, 3.05) is 31.7 Å². The maximum Gasteiger partial charge on any atom is 0.266 e. The zero-order valence-corrected chi connectivity index (χ0v) is 12.7. The van der Waals surface area contributed by atoms with Crippen molar-refractivity contribution in [3.05, 3.63) is 17.5 Å². The molecule has 0 aliphatic carbocycles. The summed E-state index contributed by atoms with van der Waals surface area (Å²) in [4.78, 5) is 35.0. The van der Waals surface area contributed by atoms with E-state index in [1.54, 1.807) is 0 Å². The molecule has 2 aliphatic rings. The van der Waals surface area contributed by atoms with E-state index in [-0.39, 0.29) is 24.2 Å². The van der Waals surface area contributed by atoms with Gasteiger partial charge in [-0.1, -0.05) is 0 Å². The molecule has 8 nitrogen and oxygen atoms in total. The van der Waals surface area contributed by atoms with E-state index in [2.05, 4.69) is 15.4 Å². The number of hydrogen-bond acceptors (Lipinski definition) is 7. The molecular weight excluding hydrogens is 286 g/mol. The van der Waals surface area contributed by atoms with Crippen LogP contribution in [0.25, 0.3) is 0 Å². The van der Waals surface area contributed by atoms with Crippen molar-refractivity contribution >= 4 is 17.8 Å². The quantitative estimate of drug-likeness (QED) is 0.779. The largest absolute Gasteiger partial charge is 0.379 e. The zero-order valence-electron chi connectivity index (χ0n) is 12.7. The van der Waals surface area contributed by atoms with Crippen LogP contribution in [0.3, 0.4) is 0 Å². The van der Waals surface area contributed by atoms with Gasteiger partial charge in [0.15, 0.2) is 0 Å². The van der Waals surface area contributed by atoms with Crippen LogP contribution in [0, 0.1) is 13.8 Å². The maximum absolute atomic E-state index is 12.5. The zero-order chi connectivity index (χ0) is 15.7. The van der Waals surface area contributed by atoms with E-state index in [9.17, 15) is 9.59 Å². The van der Waals surface area contributed by atoms with Crippen LogP contribution in [0.4, 0.5) is 5.95 Å². The van der Waals surface area contributed by atoms with Crippen LogP contribution in [0.2, 0.25) is 0 Å². The number of anilines is 1. The minimum Gasteiger partial charge on any atom is -0.379 e. The molecule has 1 unspecified atom stereocenters. The van der Waals surface area contributed by atoms with Gasteiger partial charge in [-0.05, 0) is 19.9 Å². The number of aromatic nitrogens is 2. The third kappa shape index (κ3) is 2.93. The Morgan fingerprint density at radius 3 is 2.45 bits per heavy atom. The van der Waals surface area contributed by atoms with Crippen LogP contribution >= 0.6 is 0 Å². The topological polar surface area (TPSA) is 87.7 Å². The van der Waals surface area contributed by atoms with E-state index in [1.165, 1.54) is 0 Å². The van der Waals surface area contributed by atoms with Gasteiger partial charge in [0.2, 0.25) is 11.9 Å².